The summed E-state index contributed by atoms with van der Waals surface area (Å²) in [5.74, 6) is 0. The summed E-state index contributed by atoms with van der Waals surface area (Å²) in [4.78, 5) is 2.55. The lowest BCUT2D eigenvalue weighted by molar-refractivity contribution is 0.0741. The van der Waals surface area contributed by atoms with E-state index in [-0.39, 0.29) is 0 Å². The number of β-amino-alcohol motifs (C(OH)–C–C–N with tert-alkyl or cyclic N) is 1. The molecule has 0 aromatic rings. The molecule has 0 aromatic heterocycles. The second-order valence-electron chi connectivity index (χ2n) is 4.60. The predicted octanol–water partition coefficient (Wildman–Crippen LogP) is 1.78. The zero-order valence-corrected chi connectivity index (χ0v) is 8.47. The zero-order valence-electron chi connectivity index (χ0n) is 8.47. The van der Waals surface area contributed by atoms with Crippen LogP contribution in [0, 0.1) is 0 Å². The summed E-state index contributed by atoms with van der Waals surface area (Å²) in [5.41, 5.74) is 0.515. The van der Waals surface area contributed by atoms with Crippen molar-refractivity contribution in [1.29, 1.82) is 0 Å². The van der Waals surface area contributed by atoms with Crippen LogP contribution in [0.15, 0.2) is 0 Å². The molecule has 0 atom stereocenters. The van der Waals surface area contributed by atoms with E-state index < -0.39 is 0 Å². The number of aliphatic hydroxyl groups is 1. The van der Waals surface area contributed by atoms with Crippen molar-refractivity contribution in [2.75, 3.05) is 19.7 Å². The minimum Gasteiger partial charge on any atom is -0.395 e. The molecule has 0 radical (unpaired) electrons. The second kappa shape index (κ2) is 3.97. The van der Waals surface area contributed by atoms with E-state index in [0.717, 1.165) is 6.54 Å². The lowest BCUT2D eigenvalue weighted by Crippen LogP contribution is -2.46. The smallest absolute Gasteiger partial charge is 0.0558 e. The summed E-state index contributed by atoms with van der Waals surface area (Å²) in [6.07, 6.45) is 9.73. The van der Waals surface area contributed by atoms with Crippen LogP contribution in [0.25, 0.3) is 0 Å². The van der Waals surface area contributed by atoms with Gasteiger partial charge in [0.05, 0.1) is 6.61 Å². The molecule has 2 fully saturated rings. The molecule has 1 heterocycles. The van der Waals surface area contributed by atoms with Crippen LogP contribution in [0.2, 0.25) is 0 Å². The first-order valence-corrected chi connectivity index (χ1v) is 5.73. The zero-order chi connectivity index (χ0) is 9.15. The maximum atomic E-state index is 9.00. The van der Waals surface area contributed by atoms with Gasteiger partial charge in [0, 0.05) is 12.1 Å². The number of aliphatic hydroxyl groups excluding tert-OH is 1. The Kier molecular flexibility index (Phi) is 2.89. The maximum Gasteiger partial charge on any atom is 0.0558 e. The number of nitrogens with zero attached hydrogens (tertiary/aromatic N) is 1. The van der Waals surface area contributed by atoms with Gasteiger partial charge in [-0.05, 0) is 32.2 Å². The van der Waals surface area contributed by atoms with Crippen molar-refractivity contribution in [1.82, 2.24) is 4.90 Å². The highest BCUT2D eigenvalue weighted by atomic mass is 16.3. The molecule has 76 valence electrons. The first-order valence-electron chi connectivity index (χ1n) is 5.73. The fourth-order valence-electron chi connectivity index (χ4n) is 3.24. The summed E-state index contributed by atoms with van der Waals surface area (Å²) < 4.78 is 0. The van der Waals surface area contributed by atoms with Crippen molar-refractivity contribution < 1.29 is 5.11 Å². The number of hydrogen-bond acceptors (Lipinski definition) is 2. The van der Waals surface area contributed by atoms with Crippen molar-refractivity contribution in [2.24, 2.45) is 0 Å². The summed E-state index contributed by atoms with van der Waals surface area (Å²) in [6, 6.07) is 0. The van der Waals surface area contributed by atoms with E-state index in [4.69, 9.17) is 5.11 Å². The first kappa shape index (κ1) is 9.47. The molecule has 2 aliphatic rings. The fourth-order valence-corrected chi connectivity index (χ4v) is 3.24. The number of rotatable bonds is 2. The molecule has 13 heavy (non-hydrogen) atoms. The molecule has 1 aliphatic carbocycles. The van der Waals surface area contributed by atoms with Crippen LogP contribution < -0.4 is 0 Å². The molecular weight excluding hydrogens is 162 g/mol. The Hall–Kier alpha value is -0.0800. The molecule has 0 bridgehead atoms. The van der Waals surface area contributed by atoms with Crippen LogP contribution in [-0.2, 0) is 0 Å². The van der Waals surface area contributed by atoms with Gasteiger partial charge in [-0.25, -0.2) is 0 Å². The quantitative estimate of drug-likeness (QED) is 0.705. The Morgan fingerprint density at radius 1 is 1.00 bits per heavy atom. The predicted molar refractivity (Wildman–Crippen MR) is 53.7 cm³/mol. The molecule has 1 spiro atoms. The van der Waals surface area contributed by atoms with Crippen LogP contribution >= 0.6 is 0 Å². The lowest BCUT2D eigenvalue weighted by Gasteiger charge is -2.41. The molecule has 1 aliphatic heterocycles. The van der Waals surface area contributed by atoms with Crippen molar-refractivity contribution in [3.63, 3.8) is 0 Å². The molecule has 2 nitrogen and oxygen atoms in total. The van der Waals surface area contributed by atoms with Gasteiger partial charge in [-0.1, -0.05) is 19.3 Å². The topological polar surface area (TPSA) is 23.5 Å². The van der Waals surface area contributed by atoms with Gasteiger partial charge in [0.25, 0.3) is 0 Å². The Labute approximate surface area is 80.9 Å². The molecule has 1 saturated heterocycles. The van der Waals surface area contributed by atoms with Gasteiger partial charge < -0.3 is 5.11 Å². The van der Waals surface area contributed by atoms with Crippen molar-refractivity contribution in [3.05, 3.63) is 0 Å². The van der Waals surface area contributed by atoms with E-state index in [9.17, 15) is 0 Å². The van der Waals surface area contributed by atoms with Crippen molar-refractivity contribution >= 4 is 0 Å². The summed E-state index contributed by atoms with van der Waals surface area (Å²) >= 11 is 0. The van der Waals surface area contributed by atoms with Gasteiger partial charge in [-0.15, -0.1) is 0 Å². The van der Waals surface area contributed by atoms with Crippen LogP contribution in [-0.4, -0.2) is 35.2 Å². The normalized spacial score (nSPS) is 28.4. The largest absolute Gasteiger partial charge is 0.395 e. The molecule has 2 heteroatoms. The van der Waals surface area contributed by atoms with E-state index >= 15 is 0 Å². The standard InChI is InChI=1S/C11H21NO/c13-10-9-12-8-4-7-11(12)5-2-1-3-6-11/h13H,1-10H2. The molecule has 0 aromatic carbocycles. The third-order valence-electron chi connectivity index (χ3n) is 3.90. The van der Waals surface area contributed by atoms with E-state index in [1.54, 1.807) is 0 Å². The van der Waals surface area contributed by atoms with Crippen molar-refractivity contribution in [2.45, 2.75) is 50.5 Å². The fraction of sp³-hybridized carbons (Fsp3) is 1.00. The Morgan fingerprint density at radius 3 is 2.38 bits per heavy atom. The van der Waals surface area contributed by atoms with Crippen LogP contribution in [0.5, 0.6) is 0 Å². The Balaban J connectivity index is 2.00. The third-order valence-corrected chi connectivity index (χ3v) is 3.90. The van der Waals surface area contributed by atoms with Gasteiger partial charge in [0.15, 0.2) is 0 Å². The summed E-state index contributed by atoms with van der Waals surface area (Å²) in [7, 11) is 0. The minimum absolute atomic E-state index is 0.335. The van der Waals surface area contributed by atoms with E-state index in [2.05, 4.69) is 4.90 Å². The molecule has 2 rings (SSSR count). The van der Waals surface area contributed by atoms with E-state index in [0.29, 0.717) is 12.1 Å². The highest BCUT2D eigenvalue weighted by Gasteiger charge is 2.40. The van der Waals surface area contributed by atoms with Crippen molar-refractivity contribution in [3.8, 4) is 0 Å². The average molecular weight is 183 g/mol. The van der Waals surface area contributed by atoms with Gasteiger partial charge in [-0.2, -0.15) is 0 Å². The van der Waals surface area contributed by atoms with Gasteiger partial charge >= 0.3 is 0 Å². The van der Waals surface area contributed by atoms with Crippen LogP contribution in [0.1, 0.15) is 44.9 Å². The third kappa shape index (κ3) is 1.75. The highest BCUT2D eigenvalue weighted by molar-refractivity contribution is 4.97. The number of likely N-dealkylation sites (tertiary alicyclic amines) is 1. The van der Waals surface area contributed by atoms with Crippen LogP contribution in [0.3, 0.4) is 0 Å². The molecule has 0 unspecified atom stereocenters. The van der Waals surface area contributed by atoms with E-state index in [1.807, 2.05) is 0 Å². The highest BCUT2D eigenvalue weighted by Crippen LogP contribution is 2.41. The van der Waals surface area contributed by atoms with Gasteiger partial charge in [0.2, 0.25) is 0 Å². The van der Waals surface area contributed by atoms with Gasteiger partial charge in [0.1, 0.15) is 0 Å². The minimum atomic E-state index is 0.335. The second-order valence-corrected chi connectivity index (χ2v) is 4.60. The molecule has 0 amide bonds. The monoisotopic (exact) mass is 183 g/mol. The summed E-state index contributed by atoms with van der Waals surface area (Å²) in [6.45, 7) is 2.46. The van der Waals surface area contributed by atoms with E-state index in [1.165, 1.54) is 51.5 Å². The average Bonchev–Trinajstić information content (AvgIpc) is 2.52. The first-order chi connectivity index (χ1) is 6.37. The Bertz CT molecular complexity index is 163. The molecule has 1 N–H and O–H groups in total. The lowest BCUT2D eigenvalue weighted by atomic mass is 9.80. The molecule has 1 saturated carbocycles. The van der Waals surface area contributed by atoms with Crippen LogP contribution in [0.4, 0.5) is 0 Å². The van der Waals surface area contributed by atoms with Gasteiger partial charge in [-0.3, -0.25) is 4.90 Å². The SMILES string of the molecule is OCCN1CCCC12CCCCC2. The molecular formula is C11H21NO. The summed E-state index contributed by atoms with van der Waals surface area (Å²) in [5, 5.41) is 9.00. The maximum absolute atomic E-state index is 9.00. The number of hydrogen-bond donors (Lipinski definition) is 1. The Morgan fingerprint density at radius 2 is 1.69 bits per heavy atom.